The van der Waals surface area contributed by atoms with Gasteiger partial charge in [-0.2, -0.15) is 0 Å². The Morgan fingerprint density at radius 2 is 1.70 bits per heavy atom. The van der Waals surface area contributed by atoms with Crippen molar-refractivity contribution in [1.82, 2.24) is 4.31 Å². The van der Waals surface area contributed by atoms with Gasteiger partial charge in [0.05, 0.1) is 11.3 Å². The normalized spacial score (nSPS) is 13.0. The SMILES string of the molecule is Cc1ccc2c(c1)NC(=O)c1cc(S(=O)(=O)N(C)C)c(Oc3ccccc3)cc1O2. The Kier molecular flexibility index (Phi) is 4.97. The predicted molar refractivity (Wildman–Crippen MR) is 113 cm³/mol. The number of carbonyl (C=O) groups excluding carboxylic acids is 1. The van der Waals surface area contributed by atoms with Crippen molar-refractivity contribution in [3.8, 4) is 23.0 Å². The maximum Gasteiger partial charge on any atom is 0.259 e. The van der Waals surface area contributed by atoms with E-state index < -0.39 is 15.9 Å². The molecule has 0 fully saturated rings. The van der Waals surface area contributed by atoms with E-state index in [1.807, 2.05) is 19.1 Å². The topological polar surface area (TPSA) is 84.9 Å². The van der Waals surface area contributed by atoms with Gasteiger partial charge >= 0.3 is 0 Å². The molecule has 1 aliphatic rings. The summed E-state index contributed by atoms with van der Waals surface area (Å²) in [6.45, 7) is 1.90. The fourth-order valence-corrected chi connectivity index (χ4v) is 4.05. The first-order chi connectivity index (χ1) is 14.3. The lowest BCUT2D eigenvalue weighted by Gasteiger charge is -2.18. The minimum absolute atomic E-state index is 0.0667. The largest absolute Gasteiger partial charge is 0.456 e. The van der Waals surface area contributed by atoms with Crippen molar-refractivity contribution >= 4 is 21.6 Å². The van der Waals surface area contributed by atoms with Gasteiger partial charge in [0.15, 0.2) is 11.5 Å². The molecule has 0 aromatic heterocycles. The molecule has 8 heteroatoms. The van der Waals surface area contributed by atoms with Crippen LogP contribution in [-0.4, -0.2) is 32.7 Å². The number of carbonyl (C=O) groups is 1. The van der Waals surface area contributed by atoms with Crippen molar-refractivity contribution in [1.29, 1.82) is 0 Å². The number of benzene rings is 3. The summed E-state index contributed by atoms with van der Waals surface area (Å²) in [4.78, 5) is 12.7. The number of nitrogens with zero attached hydrogens (tertiary/aromatic N) is 1. The van der Waals surface area contributed by atoms with Gasteiger partial charge in [-0.3, -0.25) is 4.79 Å². The fourth-order valence-electron chi connectivity index (χ4n) is 3.04. The summed E-state index contributed by atoms with van der Waals surface area (Å²) < 4.78 is 38.8. The molecule has 3 aromatic carbocycles. The molecule has 1 amide bonds. The number of fused-ring (bicyclic) bond motifs is 2. The Morgan fingerprint density at radius 1 is 0.967 bits per heavy atom. The van der Waals surface area contributed by atoms with Gasteiger partial charge < -0.3 is 14.8 Å². The summed E-state index contributed by atoms with van der Waals surface area (Å²) in [6.07, 6.45) is 0. The van der Waals surface area contributed by atoms with Crippen molar-refractivity contribution in [2.75, 3.05) is 19.4 Å². The number of rotatable bonds is 4. The zero-order chi connectivity index (χ0) is 21.5. The Balaban J connectivity index is 1.90. The van der Waals surface area contributed by atoms with E-state index in [0.717, 1.165) is 9.87 Å². The highest BCUT2D eigenvalue weighted by Gasteiger charge is 2.29. The van der Waals surface area contributed by atoms with Crippen molar-refractivity contribution in [3.05, 3.63) is 71.8 Å². The van der Waals surface area contributed by atoms with Crippen LogP contribution < -0.4 is 14.8 Å². The number of ether oxygens (including phenoxy) is 2. The van der Waals surface area contributed by atoms with Crippen molar-refractivity contribution < 1.29 is 22.7 Å². The van der Waals surface area contributed by atoms with Crippen LogP contribution in [0.4, 0.5) is 5.69 Å². The molecule has 0 atom stereocenters. The zero-order valence-electron chi connectivity index (χ0n) is 16.7. The molecule has 1 heterocycles. The third kappa shape index (κ3) is 3.62. The van der Waals surface area contributed by atoms with Crippen LogP contribution in [0.3, 0.4) is 0 Å². The van der Waals surface area contributed by atoms with Crippen molar-refractivity contribution in [3.63, 3.8) is 0 Å². The van der Waals surface area contributed by atoms with Crippen LogP contribution in [-0.2, 0) is 10.0 Å². The fraction of sp³-hybridized carbons (Fsp3) is 0.136. The molecule has 3 aromatic rings. The van der Waals surface area contributed by atoms with Gasteiger partial charge in [0, 0.05) is 20.2 Å². The highest BCUT2D eigenvalue weighted by Crippen LogP contribution is 2.41. The van der Waals surface area contributed by atoms with Crippen LogP contribution in [0.5, 0.6) is 23.0 Å². The van der Waals surface area contributed by atoms with Crippen LogP contribution in [0.1, 0.15) is 15.9 Å². The molecule has 0 saturated carbocycles. The Morgan fingerprint density at radius 3 is 2.40 bits per heavy atom. The van der Waals surface area contributed by atoms with Crippen LogP contribution >= 0.6 is 0 Å². The molecule has 154 valence electrons. The van der Waals surface area contributed by atoms with E-state index in [9.17, 15) is 13.2 Å². The lowest BCUT2D eigenvalue weighted by molar-refractivity contribution is 0.102. The summed E-state index contributed by atoms with van der Waals surface area (Å²) in [7, 11) is -1.06. The van der Waals surface area contributed by atoms with E-state index in [4.69, 9.17) is 9.47 Å². The first-order valence-electron chi connectivity index (χ1n) is 9.19. The first-order valence-corrected chi connectivity index (χ1v) is 10.6. The number of sulfonamides is 1. The number of hydrogen-bond donors (Lipinski definition) is 1. The van der Waals surface area contributed by atoms with Crippen LogP contribution in [0.15, 0.2) is 65.6 Å². The van der Waals surface area contributed by atoms with E-state index in [1.165, 1.54) is 26.2 Å². The second-order valence-corrected chi connectivity index (χ2v) is 9.17. The number of para-hydroxylation sites is 1. The van der Waals surface area contributed by atoms with Crippen LogP contribution in [0, 0.1) is 6.92 Å². The van der Waals surface area contributed by atoms with E-state index in [2.05, 4.69) is 5.32 Å². The van der Waals surface area contributed by atoms with E-state index in [0.29, 0.717) is 17.2 Å². The molecule has 0 bridgehead atoms. The smallest absolute Gasteiger partial charge is 0.259 e. The second-order valence-electron chi connectivity index (χ2n) is 7.05. The number of aryl methyl sites for hydroxylation is 1. The molecule has 7 nitrogen and oxygen atoms in total. The molecule has 1 aliphatic heterocycles. The molecule has 1 N–H and O–H groups in total. The Hall–Kier alpha value is -3.36. The molecule has 0 unspecified atom stereocenters. The Bertz CT molecular complexity index is 1240. The quantitative estimate of drug-likeness (QED) is 0.671. The monoisotopic (exact) mass is 424 g/mol. The summed E-state index contributed by atoms with van der Waals surface area (Å²) in [5.74, 6) is 0.731. The molecular formula is C22H20N2O5S. The average molecular weight is 424 g/mol. The number of nitrogens with one attached hydrogen (secondary N) is 1. The van der Waals surface area contributed by atoms with E-state index >= 15 is 0 Å². The average Bonchev–Trinajstić information content (AvgIpc) is 2.83. The van der Waals surface area contributed by atoms with Gasteiger partial charge in [-0.05, 0) is 42.8 Å². The summed E-state index contributed by atoms with van der Waals surface area (Å²) in [6, 6.07) is 16.9. The predicted octanol–water partition coefficient (Wildman–Crippen LogP) is 4.40. The van der Waals surface area contributed by atoms with Crippen molar-refractivity contribution in [2.45, 2.75) is 11.8 Å². The van der Waals surface area contributed by atoms with E-state index in [-0.39, 0.29) is 22.0 Å². The van der Waals surface area contributed by atoms with Crippen molar-refractivity contribution in [2.24, 2.45) is 0 Å². The highest BCUT2D eigenvalue weighted by molar-refractivity contribution is 7.89. The standard InChI is InChI=1S/C22H20N2O5S/c1-14-9-10-18-17(11-14)23-22(25)16-12-21(30(26,27)24(2)3)20(13-19(16)29-18)28-15-7-5-4-6-8-15/h4-13H,1-3H3,(H,23,25). The van der Waals surface area contributed by atoms with Gasteiger partial charge in [0.25, 0.3) is 5.91 Å². The number of amides is 1. The van der Waals surface area contributed by atoms with E-state index in [1.54, 1.807) is 36.4 Å². The van der Waals surface area contributed by atoms with Crippen LogP contribution in [0.25, 0.3) is 0 Å². The molecular weight excluding hydrogens is 404 g/mol. The minimum atomic E-state index is -3.90. The maximum atomic E-state index is 13.0. The second kappa shape index (κ2) is 7.47. The first kappa shape index (κ1) is 19.9. The number of hydrogen-bond acceptors (Lipinski definition) is 5. The Labute approximate surface area is 174 Å². The molecule has 0 spiro atoms. The van der Waals surface area contributed by atoms with Gasteiger partial charge in [0.2, 0.25) is 10.0 Å². The highest BCUT2D eigenvalue weighted by atomic mass is 32.2. The summed E-state index contributed by atoms with van der Waals surface area (Å²) in [5, 5.41) is 2.78. The minimum Gasteiger partial charge on any atom is -0.456 e. The van der Waals surface area contributed by atoms with Gasteiger partial charge in [-0.15, -0.1) is 0 Å². The zero-order valence-corrected chi connectivity index (χ0v) is 17.5. The summed E-state index contributed by atoms with van der Waals surface area (Å²) >= 11 is 0. The van der Waals surface area contributed by atoms with Gasteiger partial charge in [0.1, 0.15) is 16.4 Å². The number of anilines is 1. The van der Waals surface area contributed by atoms with Gasteiger partial charge in [-0.1, -0.05) is 24.3 Å². The van der Waals surface area contributed by atoms with Gasteiger partial charge in [-0.25, -0.2) is 12.7 Å². The summed E-state index contributed by atoms with van der Waals surface area (Å²) in [5.41, 5.74) is 1.57. The maximum absolute atomic E-state index is 13.0. The molecule has 0 saturated heterocycles. The lowest BCUT2D eigenvalue weighted by Crippen LogP contribution is -2.23. The molecule has 30 heavy (non-hydrogen) atoms. The molecule has 4 rings (SSSR count). The lowest BCUT2D eigenvalue weighted by atomic mass is 10.1. The molecule has 0 aliphatic carbocycles. The van der Waals surface area contributed by atoms with Crippen LogP contribution in [0.2, 0.25) is 0 Å². The third-order valence-electron chi connectivity index (χ3n) is 4.62. The molecule has 0 radical (unpaired) electrons. The third-order valence-corrected chi connectivity index (χ3v) is 6.46.